The van der Waals surface area contributed by atoms with Crippen LogP contribution in [0, 0.1) is 11.8 Å². The van der Waals surface area contributed by atoms with Gasteiger partial charge in [-0.05, 0) is 39.8 Å². The fraction of sp³-hybridized carbons (Fsp3) is 0.824. The maximum atomic E-state index is 12.9. The minimum Gasteiger partial charge on any atom is -0.468 e. The van der Waals surface area contributed by atoms with E-state index in [1.807, 2.05) is 23.9 Å². The molecule has 0 N–H and O–H groups in total. The smallest absolute Gasteiger partial charge is 0.325 e. The van der Waals surface area contributed by atoms with E-state index in [9.17, 15) is 14.4 Å². The molecule has 0 aromatic rings. The Morgan fingerprint density at radius 3 is 2.38 bits per heavy atom. The molecule has 1 saturated carbocycles. The average molecular weight is 339 g/mol. The van der Waals surface area contributed by atoms with E-state index in [-0.39, 0.29) is 30.2 Å². The SMILES string of the molecule is COC(=O)CN(CCN(C)C)C(=O)C1CCCN(C(=O)C2CC2)C1. The molecular weight excluding hydrogens is 310 g/mol. The highest BCUT2D eigenvalue weighted by Crippen LogP contribution is 2.32. The molecule has 1 aliphatic carbocycles. The number of ether oxygens (including phenoxy) is 1. The van der Waals surface area contributed by atoms with Crippen molar-refractivity contribution in [2.24, 2.45) is 11.8 Å². The molecule has 0 radical (unpaired) electrons. The number of piperidine rings is 1. The molecule has 1 atom stereocenters. The summed E-state index contributed by atoms with van der Waals surface area (Å²) in [6, 6.07) is 0. The number of esters is 1. The van der Waals surface area contributed by atoms with E-state index in [4.69, 9.17) is 4.74 Å². The number of amides is 2. The van der Waals surface area contributed by atoms with E-state index in [0.29, 0.717) is 19.6 Å². The average Bonchev–Trinajstić information content (AvgIpc) is 3.42. The van der Waals surface area contributed by atoms with E-state index in [1.165, 1.54) is 7.11 Å². The molecule has 2 rings (SSSR count). The second kappa shape index (κ2) is 8.46. The minimum atomic E-state index is -0.413. The number of likely N-dealkylation sites (N-methyl/N-ethyl adjacent to an activating group) is 1. The van der Waals surface area contributed by atoms with Gasteiger partial charge in [-0.3, -0.25) is 14.4 Å². The van der Waals surface area contributed by atoms with Crippen molar-refractivity contribution in [3.05, 3.63) is 0 Å². The summed E-state index contributed by atoms with van der Waals surface area (Å²) in [5, 5.41) is 0. The Hall–Kier alpha value is -1.63. The lowest BCUT2D eigenvalue weighted by Gasteiger charge is -2.35. The zero-order valence-corrected chi connectivity index (χ0v) is 15.0. The maximum absolute atomic E-state index is 12.9. The molecular formula is C17H29N3O4. The molecule has 7 heteroatoms. The summed E-state index contributed by atoms with van der Waals surface area (Å²) < 4.78 is 4.71. The molecule has 2 fully saturated rings. The molecule has 1 saturated heterocycles. The largest absolute Gasteiger partial charge is 0.468 e. The fourth-order valence-electron chi connectivity index (χ4n) is 3.03. The number of carbonyl (C=O) groups is 3. The van der Waals surface area contributed by atoms with E-state index in [0.717, 1.165) is 32.2 Å². The lowest BCUT2D eigenvalue weighted by molar-refractivity contribution is -0.150. The van der Waals surface area contributed by atoms with Crippen molar-refractivity contribution in [2.45, 2.75) is 25.7 Å². The van der Waals surface area contributed by atoms with Crippen LogP contribution in [0.15, 0.2) is 0 Å². The topological polar surface area (TPSA) is 70.2 Å². The first kappa shape index (κ1) is 18.7. The third-order valence-corrected chi connectivity index (χ3v) is 4.69. The zero-order chi connectivity index (χ0) is 17.7. The lowest BCUT2D eigenvalue weighted by Crippen LogP contribution is -2.49. The molecule has 1 unspecified atom stereocenters. The first-order valence-corrected chi connectivity index (χ1v) is 8.71. The van der Waals surface area contributed by atoms with E-state index >= 15 is 0 Å². The Kier molecular flexibility index (Phi) is 6.60. The molecule has 136 valence electrons. The van der Waals surface area contributed by atoms with E-state index < -0.39 is 5.97 Å². The lowest BCUT2D eigenvalue weighted by atomic mass is 9.96. The van der Waals surface area contributed by atoms with Crippen molar-refractivity contribution in [2.75, 3.05) is 53.9 Å². The maximum Gasteiger partial charge on any atom is 0.325 e. The van der Waals surface area contributed by atoms with Crippen molar-refractivity contribution in [3.63, 3.8) is 0 Å². The van der Waals surface area contributed by atoms with Crippen LogP contribution in [0.1, 0.15) is 25.7 Å². The van der Waals surface area contributed by atoms with Gasteiger partial charge in [0, 0.05) is 32.1 Å². The first-order chi connectivity index (χ1) is 11.4. The highest BCUT2D eigenvalue weighted by molar-refractivity contribution is 5.85. The number of hydrogen-bond acceptors (Lipinski definition) is 5. The van der Waals surface area contributed by atoms with Gasteiger partial charge in [0.2, 0.25) is 11.8 Å². The summed E-state index contributed by atoms with van der Waals surface area (Å²) in [5.74, 6) is -0.299. The summed E-state index contributed by atoms with van der Waals surface area (Å²) in [6.45, 7) is 2.35. The molecule has 1 aliphatic heterocycles. The summed E-state index contributed by atoms with van der Waals surface area (Å²) in [5.41, 5.74) is 0. The number of likely N-dealkylation sites (tertiary alicyclic amines) is 1. The molecule has 7 nitrogen and oxygen atoms in total. The quantitative estimate of drug-likeness (QED) is 0.620. The predicted molar refractivity (Wildman–Crippen MR) is 89.2 cm³/mol. The van der Waals surface area contributed by atoms with E-state index in [1.54, 1.807) is 4.90 Å². The Labute approximate surface area is 143 Å². The Morgan fingerprint density at radius 1 is 1.08 bits per heavy atom. The van der Waals surface area contributed by atoms with Crippen molar-refractivity contribution in [3.8, 4) is 0 Å². The normalized spacial score (nSPS) is 20.8. The molecule has 2 amide bonds. The molecule has 0 aromatic heterocycles. The second-order valence-corrected chi connectivity index (χ2v) is 7.04. The van der Waals surface area contributed by atoms with Crippen LogP contribution in [0.5, 0.6) is 0 Å². The molecule has 0 spiro atoms. The van der Waals surface area contributed by atoms with Crippen molar-refractivity contribution in [1.29, 1.82) is 0 Å². The first-order valence-electron chi connectivity index (χ1n) is 8.71. The van der Waals surface area contributed by atoms with Gasteiger partial charge in [0.25, 0.3) is 0 Å². The third-order valence-electron chi connectivity index (χ3n) is 4.69. The number of carbonyl (C=O) groups excluding carboxylic acids is 3. The van der Waals surface area contributed by atoms with Gasteiger partial charge in [-0.15, -0.1) is 0 Å². The number of hydrogen-bond donors (Lipinski definition) is 0. The van der Waals surface area contributed by atoms with Gasteiger partial charge in [0.15, 0.2) is 0 Å². The number of methoxy groups -OCH3 is 1. The Balaban J connectivity index is 1.97. The van der Waals surface area contributed by atoms with Gasteiger partial charge in [-0.1, -0.05) is 0 Å². The molecule has 0 aromatic carbocycles. The van der Waals surface area contributed by atoms with Crippen LogP contribution < -0.4 is 0 Å². The summed E-state index contributed by atoms with van der Waals surface area (Å²) in [4.78, 5) is 42.1. The van der Waals surface area contributed by atoms with Crippen molar-refractivity contribution >= 4 is 17.8 Å². The molecule has 1 heterocycles. The van der Waals surface area contributed by atoms with Gasteiger partial charge in [0.05, 0.1) is 13.0 Å². The van der Waals surface area contributed by atoms with Gasteiger partial charge >= 0.3 is 5.97 Å². The highest BCUT2D eigenvalue weighted by atomic mass is 16.5. The molecule has 24 heavy (non-hydrogen) atoms. The van der Waals surface area contributed by atoms with Crippen LogP contribution in [-0.4, -0.2) is 86.4 Å². The summed E-state index contributed by atoms with van der Waals surface area (Å²) in [6.07, 6.45) is 3.57. The number of nitrogens with zero attached hydrogens (tertiary/aromatic N) is 3. The summed E-state index contributed by atoms with van der Waals surface area (Å²) in [7, 11) is 5.18. The van der Waals surface area contributed by atoms with Gasteiger partial charge in [-0.25, -0.2) is 0 Å². The second-order valence-electron chi connectivity index (χ2n) is 7.04. The predicted octanol–water partition coefficient (Wildman–Crippen LogP) is 0.198. The molecule has 0 bridgehead atoms. The van der Waals surface area contributed by atoms with Crippen LogP contribution in [0.3, 0.4) is 0 Å². The molecule has 2 aliphatic rings. The van der Waals surface area contributed by atoms with Crippen LogP contribution in [0.25, 0.3) is 0 Å². The standard InChI is InChI=1S/C17H29N3O4/c1-18(2)9-10-20(12-15(21)24-3)17(23)14-5-4-8-19(11-14)16(22)13-6-7-13/h13-14H,4-12H2,1-3H3. The van der Waals surface area contributed by atoms with Crippen molar-refractivity contribution < 1.29 is 19.1 Å². The van der Waals surface area contributed by atoms with E-state index in [2.05, 4.69) is 0 Å². The number of rotatable bonds is 7. The van der Waals surface area contributed by atoms with Crippen LogP contribution in [0.4, 0.5) is 0 Å². The zero-order valence-electron chi connectivity index (χ0n) is 15.0. The highest BCUT2D eigenvalue weighted by Gasteiger charge is 2.37. The van der Waals surface area contributed by atoms with Gasteiger partial charge < -0.3 is 19.4 Å². The van der Waals surface area contributed by atoms with Gasteiger partial charge in [-0.2, -0.15) is 0 Å². The van der Waals surface area contributed by atoms with Crippen LogP contribution in [0.2, 0.25) is 0 Å². The fourth-order valence-corrected chi connectivity index (χ4v) is 3.03. The Morgan fingerprint density at radius 2 is 1.79 bits per heavy atom. The van der Waals surface area contributed by atoms with Crippen molar-refractivity contribution in [1.82, 2.24) is 14.7 Å². The van der Waals surface area contributed by atoms with Crippen LogP contribution in [-0.2, 0) is 19.1 Å². The Bertz CT molecular complexity index is 476. The summed E-state index contributed by atoms with van der Waals surface area (Å²) >= 11 is 0. The monoisotopic (exact) mass is 339 g/mol. The minimum absolute atomic E-state index is 0.0315. The third kappa shape index (κ3) is 5.19. The van der Waals surface area contributed by atoms with Crippen LogP contribution >= 0.6 is 0 Å². The van der Waals surface area contributed by atoms with Gasteiger partial charge in [0.1, 0.15) is 6.54 Å².